The van der Waals surface area contributed by atoms with Crippen molar-refractivity contribution in [2.45, 2.75) is 20.8 Å². The van der Waals surface area contributed by atoms with Gasteiger partial charge in [0.25, 0.3) is 0 Å². The van der Waals surface area contributed by atoms with E-state index in [0.717, 1.165) is 12.3 Å². The van der Waals surface area contributed by atoms with E-state index in [4.69, 9.17) is 0 Å². The predicted octanol–water partition coefficient (Wildman–Crippen LogP) is 2.07. The summed E-state index contributed by atoms with van der Waals surface area (Å²) >= 11 is 0. The molecule has 56 valence electrons. The molecule has 0 bridgehead atoms. The van der Waals surface area contributed by atoms with Gasteiger partial charge in [-0.2, -0.15) is 0 Å². The molecule has 0 fully saturated rings. The molecule has 0 saturated carbocycles. The summed E-state index contributed by atoms with van der Waals surface area (Å²) in [4.78, 5) is 8.02. The highest BCUT2D eigenvalue weighted by atomic mass is 14.8. The molecular formula is C8H14N2. The van der Waals surface area contributed by atoms with E-state index in [1.807, 2.05) is 26.8 Å². The number of hydrogen-bond donors (Lipinski definition) is 0. The normalized spacial score (nSPS) is 14.9. The van der Waals surface area contributed by atoms with Crippen LogP contribution in [0.5, 0.6) is 0 Å². The third-order valence-electron chi connectivity index (χ3n) is 0.873. The van der Waals surface area contributed by atoms with Gasteiger partial charge >= 0.3 is 0 Å². The number of aliphatic imine (C=N–C) groups is 2. The van der Waals surface area contributed by atoms with Gasteiger partial charge in [-0.3, -0.25) is 9.98 Å². The lowest BCUT2D eigenvalue weighted by atomic mass is 10.5. The van der Waals surface area contributed by atoms with E-state index in [-0.39, 0.29) is 0 Å². The van der Waals surface area contributed by atoms with Gasteiger partial charge in [-0.25, -0.2) is 0 Å². The molecule has 0 saturated heterocycles. The maximum atomic E-state index is 4.01. The van der Waals surface area contributed by atoms with Crippen LogP contribution in [0, 0.1) is 0 Å². The SMILES string of the molecule is CC.CC1=NC=CCN=C1. The van der Waals surface area contributed by atoms with Crippen LogP contribution in [0.3, 0.4) is 0 Å². The maximum absolute atomic E-state index is 4.01. The molecule has 2 heteroatoms. The van der Waals surface area contributed by atoms with Crippen LogP contribution in [0.25, 0.3) is 0 Å². The fourth-order valence-electron chi connectivity index (χ4n) is 0.496. The molecule has 0 aromatic rings. The predicted molar refractivity (Wildman–Crippen MR) is 47.0 cm³/mol. The smallest absolute Gasteiger partial charge is 0.0588 e. The molecule has 2 nitrogen and oxygen atoms in total. The quantitative estimate of drug-likeness (QED) is 0.489. The molecule has 1 aliphatic heterocycles. The van der Waals surface area contributed by atoms with Crippen molar-refractivity contribution < 1.29 is 0 Å². The van der Waals surface area contributed by atoms with Crippen molar-refractivity contribution in [2.24, 2.45) is 9.98 Å². The summed E-state index contributed by atoms with van der Waals surface area (Å²) in [6.45, 7) is 6.69. The first kappa shape index (κ1) is 9.08. The van der Waals surface area contributed by atoms with Crippen LogP contribution in [-0.4, -0.2) is 18.5 Å². The lowest BCUT2D eigenvalue weighted by molar-refractivity contribution is 1.26. The van der Waals surface area contributed by atoms with Gasteiger partial charge in [-0.05, 0) is 13.0 Å². The lowest BCUT2D eigenvalue weighted by Crippen LogP contribution is -1.88. The van der Waals surface area contributed by atoms with Crippen molar-refractivity contribution in [1.82, 2.24) is 0 Å². The lowest BCUT2D eigenvalue weighted by Gasteiger charge is -1.79. The van der Waals surface area contributed by atoms with Gasteiger partial charge in [-0.15, -0.1) is 0 Å². The van der Waals surface area contributed by atoms with Crippen molar-refractivity contribution in [1.29, 1.82) is 0 Å². The summed E-state index contributed by atoms with van der Waals surface area (Å²) in [6, 6.07) is 0. The first-order chi connectivity index (χ1) is 4.89. The molecule has 10 heavy (non-hydrogen) atoms. The van der Waals surface area contributed by atoms with Crippen LogP contribution in [0.15, 0.2) is 22.3 Å². The van der Waals surface area contributed by atoms with Crippen LogP contribution in [0.4, 0.5) is 0 Å². The average molecular weight is 138 g/mol. The number of rotatable bonds is 0. The van der Waals surface area contributed by atoms with Crippen LogP contribution in [0.1, 0.15) is 20.8 Å². The summed E-state index contributed by atoms with van der Waals surface area (Å²) in [5.74, 6) is 0. The minimum atomic E-state index is 0.765. The largest absolute Gasteiger partial charge is 0.287 e. The average Bonchev–Trinajstić information content (AvgIpc) is 2.21. The molecule has 0 aromatic heterocycles. The van der Waals surface area contributed by atoms with Gasteiger partial charge in [0.05, 0.1) is 12.3 Å². The minimum Gasteiger partial charge on any atom is -0.287 e. The van der Waals surface area contributed by atoms with E-state index in [2.05, 4.69) is 9.98 Å². The maximum Gasteiger partial charge on any atom is 0.0588 e. The van der Waals surface area contributed by atoms with Crippen LogP contribution >= 0.6 is 0 Å². The molecule has 1 rings (SSSR count). The van der Waals surface area contributed by atoms with Crippen molar-refractivity contribution in [2.75, 3.05) is 6.54 Å². The van der Waals surface area contributed by atoms with E-state index in [0.29, 0.717) is 0 Å². The molecule has 0 aromatic carbocycles. The van der Waals surface area contributed by atoms with Gasteiger partial charge in [-0.1, -0.05) is 13.8 Å². The standard InChI is InChI=1S/C6H8N2.C2H6/c1-6-5-7-3-2-4-8-6;1-2/h2,4-5H,3H2,1H3;1-2H3. The Balaban J connectivity index is 0.000000371. The van der Waals surface area contributed by atoms with Crippen LogP contribution < -0.4 is 0 Å². The Labute approximate surface area is 62.4 Å². The van der Waals surface area contributed by atoms with Crippen molar-refractivity contribution in [3.63, 3.8) is 0 Å². The van der Waals surface area contributed by atoms with Crippen molar-refractivity contribution in [3.8, 4) is 0 Å². The Morgan fingerprint density at radius 1 is 1.40 bits per heavy atom. The Hall–Kier alpha value is -0.920. The Morgan fingerprint density at radius 3 is 2.80 bits per heavy atom. The summed E-state index contributed by atoms with van der Waals surface area (Å²) in [5.41, 5.74) is 0.971. The third kappa shape index (κ3) is 4.01. The monoisotopic (exact) mass is 138 g/mol. The van der Waals surface area contributed by atoms with E-state index < -0.39 is 0 Å². The van der Waals surface area contributed by atoms with Crippen LogP contribution in [-0.2, 0) is 0 Å². The summed E-state index contributed by atoms with van der Waals surface area (Å²) in [5, 5.41) is 0. The summed E-state index contributed by atoms with van der Waals surface area (Å²) in [6.07, 6.45) is 5.48. The zero-order valence-corrected chi connectivity index (χ0v) is 6.83. The zero-order valence-electron chi connectivity index (χ0n) is 6.83. The zero-order chi connectivity index (χ0) is 7.82. The fraction of sp³-hybridized carbons (Fsp3) is 0.500. The topological polar surface area (TPSA) is 24.7 Å². The highest BCUT2D eigenvalue weighted by molar-refractivity contribution is 6.29. The van der Waals surface area contributed by atoms with E-state index >= 15 is 0 Å². The first-order valence-electron chi connectivity index (χ1n) is 3.59. The Kier molecular flexibility index (Phi) is 5.63. The van der Waals surface area contributed by atoms with Gasteiger partial charge in [0.1, 0.15) is 0 Å². The molecular weight excluding hydrogens is 124 g/mol. The first-order valence-corrected chi connectivity index (χ1v) is 3.59. The highest BCUT2D eigenvalue weighted by Crippen LogP contribution is 1.84. The summed E-state index contributed by atoms with van der Waals surface area (Å²) in [7, 11) is 0. The summed E-state index contributed by atoms with van der Waals surface area (Å²) < 4.78 is 0. The molecule has 0 N–H and O–H groups in total. The number of nitrogens with zero attached hydrogens (tertiary/aromatic N) is 2. The molecule has 0 aliphatic carbocycles. The molecule has 1 aliphatic rings. The minimum absolute atomic E-state index is 0.765. The van der Waals surface area contributed by atoms with Crippen molar-refractivity contribution in [3.05, 3.63) is 12.3 Å². The van der Waals surface area contributed by atoms with Crippen LogP contribution in [0.2, 0.25) is 0 Å². The van der Waals surface area contributed by atoms with Gasteiger partial charge in [0.2, 0.25) is 0 Å². The molecule has 0 spiro atoms. The van der Waals surface area contributed by atoms with E-state index in [1.54, 1.807) is 12.4 Å². The second-order valence-electron chi connectivity index (χ2n) is 1.65. The van der Waals surface area contributed by atoms with Gasteiger partial charge in [0.15, 0.2) is 0 Å². The molecule has 0 unspecified atom stereocenters. The van der Waals surface area contributed by atoms with E-state index in [1.165, 1.54) is 0 Å². The Bertz CT molecular complexity index is 155. The molecule has 0 amide bonds. The fourth-order valence-corrected chi connectivity index (χ4v) is 0.496. The molecule has 0 radical (unpaired) electrons. The second kappa shape index (κ2) is 6.20. The number of hydrogen-bond acceptors (Lipinski definition) is 2. The van der Waals surface area contributed by atoms with Gasteiger partial charge in [0, 0.05) is 12.4 Å². The third-order valence-corrected chi connectivity index (χ3v) is 0.873. The van der Waals surface area contributed by atoms with E-state index in [9.17, 15) is 0 Å². The molecule has 1 heterocycles. The second-order valence-corrected chi connectivity index (χ2v) is 1.65. The Morgan fingerprint density at radius 2 is 2.10 bits per heavy atom. The highest BCUT2D eigenvalue weighted by Gasteiger charge is 1.82. The van der Waals surface area contributed by atoms with Crippen molar-refractivity contribution >= 4 is 11.9 Å². The molecule has 0 atom stereocenters. The van der Waals surface area contributed by atoms with Gasteiger partial charge < -0.3 is 0 Å².